The molecule has 0 aliphatic carbocycles. The Hall–Kier alpha value is -0.550. The number of nitrogens with zero attached hydrogens (tertiary/aromatic N) is 1. The molecule has 0 aromatic carbocycles. The van der Waals surface area contributed by atoms with Crippen molar-refractivity contribution >= 4 is 0 Å². The molecule has 94 valence electrons. The molecule has 0 aliphatic heterocycles. The molecule has 0 rings (SSSR count). The Morgan fingerprint density at radius 3 is 2.19 bits per heavy atom. The van der Waals surface area contributed by atoms with Gasteiger partial charge in [-0.25, -0.2) is 0 Å². The molecule has 0 spiro atoms. The van der Waals surface area contributed by atoms with E-state index in [1.807, 2.05) is 13.8 Å². The summed E-state index contributed by atoms with van der Waals surface area (Å²) in [5.41, 5.74) is -0.168. The van der Waals surface area contributed by atoms with Gasteiger partial charge in [0.1, 0.15) is 0 Å². The number of hydrogen-bond donors (Lipinski definition) is 0. The highest BCUT2D eigenvalue weighted by Gasteiger charge is 2.18. The summed E-state index contributed by atoms with van der Waals surface area (Å²) in [4.78, 5) is 0. The van der Waals surface area contributed by atoms with Crippen LogP contribution in [0.15, 0.2) is 0 Å². The molecule has 0 heterocycles. The number of rotatable bonds is 8. The molecule has 0 bridgehead atoms. The van der Waals surface area contributed by atoms with Gasteiger partial charge in [0.05, 0.1) is 17.1 Å². The summed E-state index contributed by atoms with van der Waals surface area (Å²) in [5.74, 6) is 0. The molecule has 0 fully saturated rings. The van der Waals surface area contributed by atoms with E-state index in [0.717, 1.165) is 38.7 Å². The summed E-state index contributed by atoms with van der Waals surface area (Å²) in [6.07, 6.45) is 5.35. The van der Waals surface area contributed by atoms with Gasteiger partial charge in [0.15, 0.2) is 0 Å². The third-order valence-electron chi connectivity index (χ3n) is 2.84. The molecule has 0 saturated heterocycles. The topological polar surface area (TPSA) is 33.0 Å². The second-order valence-corrected chi connectivity index (χ2v) is 5.81. The molecule has 0 radical (unpaired) electrons. The number of ether oxygens (including phenoxy) is 1. The van der Waals surface area contributed by atoms with E-state index in [0.29, 0.717) is 0 Å². The summed E-state index contributed by atoms with van der Waals surface area (Å²) in [7, 11) is 0. The molecule has 0 saturated carbocycles. The number of nitriles is 1. The van der Waals surface area contributed by atoms with E-state index in [9.17, 15) is 0 Å². The second kappa shape index (κ2) is 6.91. The summed E-state index contributed by atoms with van der Waals surface area (Å²) in [5, 5.41) is 8.87. The third kappa shape index (κ3) is 7.70. The summed E-state index contributed by atoms with van der Waals surface area (Å²) >= 11 is 0. The van der Waals surface area contributed by atoms with Crippen LogP contribution in [0.3, 0.4) is 0 Å². The molecule has 16 heavy (non-hydrogen) atoms. The minimum Gasteiger partial charge on any atom is -0.376 e. The Morgan fingerprint density at radius 2 is 1.69 bits per heavy atom. The third-order valence-corrected chi connectivity index (χ3v) is 2.84. The van der Waals surface area contributed by atoms with Gasteiger partial charge in [0.25, 0.3) is 0 Å². The summed E-state index contributed by atoms with van der Waals surface area (Å²) < 4.78 is 5.84. The van der Waals surface area contributed by atoms with Crippen molar-refractivity contribution < 1.29 is 4.74 Å². The highest BCUT2D eigenvalue weighted by atomic mass is 16.5. The Labute approximate surface area is 101 Å². The second-order valence-electron chi connectivity index (χ2n) is 5.81. The van der Waals surface area contributed by atoms with E-state index < -0.39 is 0 Å². The van der Waals surface area contributed by atoms with Crippen molar-refractivity contribution in [2.45, 2.75) is 72.3 Å². The van der Waals surface area contributed by atoms with Crippen LogP contribution >= 0.6 is 0 Å². The van der Waals surface area contributed by atoms with Gasteiger partial charge in [-0.05, 0) is 53.4 Å². The number of unbranched alkanes of at least 4 members (excludes halogenated alkanes) is 1. The lowest BCUT2D eigenvalue weighted by molar-refractivity contribution is -0.0258. The fourth-order valence-corrected chi connectivity index (χ4v) is 1.75. The maximum Gasteiger partial charge on any atom is 0.0683 e. The highest BCUT2D eigenvalue weighted by Crippen LogP contribution is 2.22. The van der Waals surface area contributed by atoms with Crippen molar-refractivity contribution in [3.05, 3.63) is 0 Å². The minimum absolute atomic E-state index is 0.0134. The molecule has 0 unspecified atom stereocenters. The predicted molar refractivity (Wildman–Crippen MR) is 68.2 cm³/mol. The molecule has 0 amide bonds. The zero-order valence-corrected chi connectivity index (χ0v) is 11.6. The van der Waals surface area contributed by atoms with E-state index in [4.69, 9.17) is 10.00 Å². The lowest BCUT2D eigenvalue weighted by atomic mass is 9.89. The van der Waals surface area contributed by atoms with Crippen molar-refractivity contribution in [1.82, 2.24) is 0 Å². The smallest absolute Gasteiger partial charge is 0.0683 e. The van der Waals surface area contributed by atoms with E-state index in [2.05, 4.69) is 26.8 Å². The fourth-order valence-electron chi connectivity index (χ4n) is 1.75. The average Bonchev–Trinajstić information content (AvgIpc) is 2.17. The van der Waals surface area contributed by atoms with E-state index in [1.54, 1.807) is 0 Å². The Kier molecular flexibility index (Phi) is 6.67. The SMILES string of the molecule is CCCC(C)(C)OCCCCC(C)(C)C#N. The molecule has 2 nitrogen and oxygen atoms in total. The van der Waals surface area contributed by atoms with Crippen LogP contribution in [-0.2, 0) is 4.74 Å². The van der Waals surface area contributed by atoms with Crippen LogP contribution in [-0.4, -0.2) is 12.2 Å². The van der Waals surface area contributed by atoms with Gasteiger partial charge in [-0.1, -0.05) is 13.3 Å². The van der Waals surface area contributed by atoms with Gasteiger partial charge in [-0.2, -0.15) is 5.26 Å². The summed E-state index contributed by atoms with van der Waals surface area (Å²) in [6, 6.07) is 2.33. The lowest BCUT2D eigenvalue weighted by Crippen LogP contribution is -2.24. The molecule has 0 aromatic heterocycles. The summed E-state index contributed by atoms with van der Waals surface area (Å²) in [6.45, 7) is 11.3. The van der Waals surface area contributed by atoms with Crippen LogP contribution in [0.2, 0.25) is 0 Å². The van der Waals surface area contributed by atoms with Crippen LogP contribution < -0.4 is 0 Å². The molecule has 2 heteroatoms. The first-order valence-electron chi connectivity index (χ1n) is 6.38. The zero-order valence-electron chi connectivity index (χ0n) is 11.6. The van der Waals surface area contributed by atoms with Gasteiger partial charge < -0.3 is 4.74 Å². The van der Waals surface area contributed by atoms with Crippen LogP contribution in [0.5, 0.6) is 0 Å². The Morgan fingerprint density at radius 1 is 1.06 bits per heavy atom. The van der Waals surface area contributed by atoms with Gasteiger partial charge in [-0.15, -0.1) is 0 Å². The minimum atomic E-state index is -0.182. The van der Waals surface area contributed by atoms with Crippen LogP contribution in [0.1, 0.15) is 66.7 Å². The molecular formula is C14H27NO. The van der Waals surface area contributed by atoms with Crippen LogP contribution in [0, 0.1) is 16.7 Å². The quantitative estimate of drug-likeness (QED) is 0.577. The molecule has 0 N–H and O–H groups in total. The van der Waals surface area contributed by atoms with Crippen molar-refractivity contribution in [2.24, 2.45) is 5.41 Å². The first kappa shape index (κ1) is 15.4. The van der Waals surface area contributed by atoms with E-state index in [-0.39, 0.29) is 11.0 Å². The molecule has 0 aliphatic rings. The van der Waals surface area contributed by atoms with Crippen LogP contribution in [0.25, 0.3) is 0 Å². The lowest BCUT2D eigenvalue weighted by Gasteiger charge is -2.25. The van der Waals surface area contributed by atoms with Gasteiger partial charge in [0.2, 0.25) is 0 Å². The van der Waals surface area contributed by atoms with E-state index in [1.165, 1.54) is 0 Å². The predicted octanol–water partition coefficient (Wildman–Crippen LogP) is 4.30. The van der Waals surface area contributed by atoms with Crippen molar-refractivity contribution in [1.29, 1.82) is 5.26 Å². The number of hydrogen-bond acceptors (Lipinski definition) is 2. The van der Waals surface area contributed by atoms with Gasteiger partial charge >= 0.3 is 0 Å². The fraction of sp³-hybridized carbons (Fsp3) is 0.929. The van der Waals surface area contributed by atoms with Crippen molar-refractivity contribution in [3.63, 3.8) is 0 Å². The van der Waals surface area contributed by atoms with Gasteiger partial charge in [0, 0.05) is 6.61 Å². The van der Waals surface area contributed by atoms with Crippen LogP contribution in [0.4, 0.5) is 0 Å². The molecule has 0 aromatic rings. The largest absolute Gasteiger partial charge is 0.376 e. The van der Waals surface area contributed by atoms with Crippen molar-refractivity contribution in [3.8, 4) is 6.07 Å². The maximum atomic E-state index is 8.87. The molecular weight excluding hydrogens is 198 g/mol. The zero-order chi connectivity index (χ0) is 12.7. The first-order chi connectivity index (χ1) is 7.33. The normalized spacial score (nSPS) is 12.5. The van der Waals surface area contributed by atoms with E-state index >= 15 is 0 Å². The highest BCUT2D eigenvalue weighted by molar-refractivity contribution is 4.91. The Bertz CT molecular complexity index is 225. The average molecular weight is 225 g/mol. The first-order valence-corrected chi connectivity index (χ1v) is 6.38. The van der Waals surface area contributed by atoms with Gasteiger partial charge in [-0.3, -0.25) is 0 Å². The monoisotopic (exact) mass is 225 g/mol. The van der Waals surface area contributed by atoms with Crippen molar-refractivity contribution in [2.75, 3.05) is 6.61 Å². The maximum absolute atomic E-state index is 8.87. The standard InChI is InChI=1S/C14H27NO/c1-6-9-14(4,5)16-11-8-7-10-13(2,3)12-15/h6-11H2,1-5H3. The molecule has 0 atom stereocenters. The Balaban J connectivity index is 3.59.